The van der Waals surface area contributed by atoms with Gasteiger partial charge in [0.2, 0.25) is 5.91 Å². The second kappa shape index (κ2) is 6.14. The lowest BCUT2D eigenvalue weighted by Gasteiger charge is -2.28. The smallest absolute Gasteiger partial charge is 0.242 e. The highest BCUT2D eigenvalue weighted by molar-refractivity contribution is 9.10. The van der Waals surface area contributed by atoms with Crippen molar-refractivity contribution in [2.45, 2.75) is 12.5 Å². The molecular formula is C12H17BrN2O2. The van der Waals surface area contributed by atoms with E-state index in [4.69, 9.17) is 10.5 Å². The maximum absolute atomic E-state index is 11.6. The van der Waals surface area contributed by atoms with E-state index in [9.17, 15) is 4.79 Å². The Balaban J connectivity index is 2.90. The number of rotatable bonds is 6. The Hall–Kier alpha value is -0.910. The monoisotopic (exact) mass is 300 g/mol. The zero-order chi connectivity index (χ0) is 12.9. The highest BCUT2D eigenvalue weighted by Crippen LogP contribution is 2.22. The number of primary amides is 1. The number of nitrogens with one attached hydrogen (secondary N) is 1. The molecule has 0 saturated heterocycles. The van der Waals surface area contributed by atoms with Gasteiger partial charge in [-0.05, 0) is 24.6 Å². The quantitative estimate of drug-likeness (QED) is 0.780. The van der Waals surface area contributed by atoms with Crippen LogP contribution in [0, 0.1) is 0 Å². The summed E-state index contributed by atoms with van der Waals surface area (Å²) >= 11 is 3.36. The molecule has 0 bridgehead atoms. The number of methoxy groups -OCH3 is 1. The van der Waals surface area contributed by atoms with Crippen molar-refractivity contribution in [3.63, 3.8) is 0 Å². The highest BCUT2D eigenvalue weighted by atomic mass is 79.9. The summed E-state index contributed by atoms with van der Waals surface area (Å²) in [6.07, 6.45) is 0. The van der Waals surface area contributed by atoms with Gasteiger partial charge < -0.3 is 10.5 Å². The highest BCUT2D eigenvalue weighted by Gasteiger charge is 2.32. The van der Waals surface area contributed by atoms with Gasteiger partial charge in [-0.15, -0.1) is 0 Å². The molecule has 0 aliphatic rings. The molecule has 5 heteroatoms. The molecule has 0 fully saturated rings. The number of ether oxygens (including phenoxy) is 1. The van der Waals surface area contributed by atoms with Crippen molar-refractivity contribution in [1.82, 2.24) is 5.32 Å². The zero-order valence-electron chi connectivity index (χ0n) is 10.00. The van der Waals surface area contributed by atoms with E-state index in [0.29, 0.717) is 13.2 Å². The Morgan fingerprint density at radius 1 is 1.47 bits per heavy atom. The fourth-order valence-electron chi connectivity index (χ4n) is 1.52. The van der Waals surface area contributed by atoms with Crippen LogP contribution >= 0.6 is 15.9 Å². The summed E-state index contributed by atoms with van der Waals surface area (Å²) in [4.78, 5) is 11.6. The molecule has 94 valence electrons. The van der Waals surface area contributed by atoms with Gasteiger partial charge in [-0.2, -0.15) is 0 Å². The number of amides is 1. The zero-order valence-corrected chi connectivity index (χ0v) is 11.6. The average Bonchev–Trinajstić information content (AvgIpc) is 2.29. The molecule has 4 nitrogen and oxygen atoms in total. The van der Waals surface area contributed by atoms with E-state index in [1.54, 1.807) is 14.0 Å². The standard InChI is InChI=1S/C12H17BrN2O2/c1-12(11(14)16,15-7-8-17-2)9-3-5-10(13)6-4-9/h3-6,15H,7-8H2,1-2H3,(H2,14,16). The molecule has 1 amide bonds. The maximum atomic E-state index is 11.6. The molecule has 0 radical (unpaired) electrons. The molecular weight excluding hydrogens is 284 g/mol. The lowest BCUT2D eigenvalue weighted by molar-refractivity contribution is -0.124. The number of hydrogen-bond donors (Lipinski definition) is 2. The first kappa shape index (κ1) is 14.2. The van der Waals surface area contributed by atoms with Crippen LogP contribution in [0.4, 0.5) is 0 Å². The van der Waals surface area contributed by atoms with Crippen LogP contribution in [0.2, 0.25) is 0 Å². The Labute approximate surface area is 110 Å². The van der Waals surface area contributed by atoms with E-state index >= 15 is 0 Å². The molecule has 0 aliphatic heterocycles. The summed E-state index contributed by atoms with van der Waals surface area (Å²) in [7, 11) is 1.61. The molecule has 1 aromatic rings. The summed E-state index contributed by atoms with van der Waals surface area (Å²) in [6.45, 7) is 2.86. The van der Waals surface area contributed by atoms with E-state index in [0.717, 1.165) is 10.0 Å². The number of benzene rings is 1. The van der Waals surface area contributed by atoms with Crippen molar-refractivity contribution in [3.8, 4) is 0 Å². The van der Waals surface area contributed by atoms with Gasteiger partial charge >= 0.3 is 0 Å². The normalized spacial score (nSPS) is 14.3. The van der Waals surface area contributed by atoms with Crippen LogP contribution in [0.5, 0.6) is 0 Å². The number of halogens is 1. The lowest BCUT2D eigenvalue weighted by atomic mass is 9.91. The minimum atomic E-state index is -0.876. The lowest BCUT2D eigenvalue weighted by Crippen LogP contribution is -2.51. The number of carbonyl (C=O) groups excluding carboxylic acids is 1. The predicted octanol–water partition coefficient (Wildman–Crippen LogP) is 1.39. The van der Waals surface area contributed by atoms with Gasteiger partial charge in [0.1, 0.15) is 5.54 Å². The number of hydrogen-bond acceptors (Lipinski definition) is 3. The van der Waals surface area contributed by atoms with Crippen LogP contribution in [0.1, 0.15) is 12.5 Å². The number of carbonyl (C=O) groups is 1. The third-order valence-corrected chi connectivity index (χ3v) is 3.23. The Morgan fingerprint density at radius 2 is 2.06 bits per heavy atom. The summed E-state index contributed by atoms with van der Waals surface area (Å²) in [5, 5.41) is 3.12. The van der Waals surface area contributed by atoms with Crippen molar-refractivity contribution < 1.29 is 9.53 Å². The van der Waals surface area contributed by atoms with Crippen LogP contribution in [0.15, 0.2) is 28.7 Å². The largest absolute Gasteiger partial charge is 0.383 e. The van der Waals surface area contributed by atoms with Gasteiger partial charge in [0.25, 0.3) is 0 Å². The molecule has 0 heterocycles. The second-order valence-corrected chi connectivity index (χ2v) is 4.83. The second-order valence-electron chi connectivity index (χ2n) is 3.92. The van der Waals surface area contributed by atoms with E-state index in [1.165, 1.54) is 0 Å². The van der Waals surface area contributed by atoms with E-state index in [-0.39, 0.29) is 0 Å². The minimum absolute atomic E-state index is 0.407. The fraction of sp³-hybridized carbons (Fsp3) is 0.417. The Kier molecular flexibility index (Phi) is 5.11. The summed E-state index contributed by atoms with van der Waals surface area (Å²) < 4.78 is 5.91. The van der Waals surface area contributed by atoms with Crippen LogP contribution in [0.3, 0.4) is 0 Å². The maximum Gasteiger partial charge on any atom is 0.242 e. The van der Waals surface area contributed by atoms with E-state index in [2.05, 4.69) is 21.2 Å². The molecule has 1 rings (SSSR count). The van der Waals surface area contributed by atoms with Crippen LogP contribution < -0.4 is 11.1 Å². The minimum Gasteiger partial charge on any atom is -0.383 e. The third kappa shape index (κ3) is 3.52. The van der Waals surface area contributed by atoms with Crippen molar-refractivity contribution in [1.29, 1.82) is 0 Å². The first-order valence-electron chi connectivity index (χ1n) is 5.30. The molecule has 0 aliphatic carbocycles. The van der Waals surface area contributed by atoms with Crippen LogP contribution in [-0.4, -0.2) is 26.2 Å². The molecule has 3 N–H and O–H groups in total. The van der Waals surface area contributed by atoms with E-state index < -0.39 is 11.4 Å². The van der Waals surface area contributed by atoms with E-state index in [1.807, 2.05) is 24.3 Å². The first-order chi connectivity index (χ1) is 8.00. The number of nitrogens with two attached hydrogens (primary N) is 1. The van der Waals surface area contributed by atoms with Crippen molar-refractivity contribution in [2.75, 3.05) is 20.3 Å². The molecule has 1 unspecified atom stereocenters. The van der Waals surface area contributed by atoms with Crippen LogP contribution in [0.25, 0.3) is 0 Å². The average molecular weight is 301 g/mol. The van der Waals surface area contributed by atoms with Gasteiger partial charge in [0, 0.05) is 18.1 Å². The summed E-state index contributed by atoms with van der Waals surface area (Å²) in [5.41, 5.74) is 5.43. The first-order valence-corrected chi connectivity index (χ1v) is 6.10. The van der Waals surface area contributed by atoms with Gasteiger partial charge in [0.05, 0.1) is 6.61 Å². The van der Waals surface area contributed by atoms with Gasteiger partial charge in [-0.1, -0.05) is 28.1 Å². The molecule has 0 aromatic heterocycles. The van der Waals surface area contributed by atoms with Crippen molar-refractivity contribution in [2.24, 2.45) is 5.73 Å². The molecule has 1 atom stereocenters. The van der Waals surface area contributed by atoms with Crippen molar-refractivity contribution >= 4 is 21.8 Å². The molecule has 1 aromatic carbocycles. The fourth-order valence-corrected chi connectivity index (χ4v) is 1.78. The molecule has 0 saturated carbocycles. The molecule has 0 spiro atoms. The summed E-state index contributed by atoms with van der Waals surface area (Å²) in [5.74, 6) is -0.407. The van der Waals surface area contributed by atoms with Gasteiger partial charge in [0.15, 0.2) is 0 Å². The topological polar surface area (TPSA) is 64.3 Å². The van der Waals surface area contributed by atoms with Gasteiger partial charge in [-0.25, -0.2) is 0 Å². The Bertz CT molecular complexity index is 381. The van der Waals surface area contributed by atoms with Gasteiger partial charge in [-0.3, -0.25) is 10.1 Å². The Morgan fingerprint density at radius 3 is 2.53 bits per heavy atom. The summed E-state index contributed by atoms with van der Waals surface area (Å²) in [6, 6.07) is 7.51. The predicted molar refractivity (Wildman–Crippen MR) is 70.6 cm³/mol. The SMILES string of the molecule is COCCNC(C)(C(N)=O)c1ccc(Br)cc1. The van der Waals surface area contributed by atoms with Crippen molar-refractivity contribution in [3.05, 3.63) is 34.3 Å². The molecule has 17 heavy (non-hydrogen) atoms. The van der Waals surface area contributed by atoms with Crippen LogP contribution in [-0.2, 0) is 15.1 Å². The third-order valence-electron chi connectivity index (χ3n) is 2.70.